The fourth-order valence-electron chi connectivity index (χ4n) is 4.89. The molecule has 7 nitrogen and oxygen atoms in total. The van der Waals surface area contributed by atoms with Gasteiger partial charge in [-0.25, -0.2) is 9.07 Å². The van der Waals surface area contributed by atoms with E-state index in [1.54, 1.807) is 7.11 Å². The molecule has 1 aliphatic heterocycles. The summed E-state index contributed by atoms with van der Waals surface area (Å²) in [6.45, 7) is 8.33. The molecule has 0 aliphatic carbocycles. The van der Waals surface area contributed by atoms with Crippen molar-refractivity contribution in [1.29, 1.82) is 0 Å². The minimum atomic E-state index is -0.255. The molecule has 0 radical (unpaired) electrons. The van der Waals surface area contributed by atoms with Gasteiger partial charge in [-0.3, -0.25) is 4.90 Å². The molecule has 1 atom stereocenters. The second kappa shape index (κ2) is 10.5. The van der Waals surface area contributed by atoms with Gasteiger partial charge in [0.25, 0.3) is 0 Å². The lowest BCUT2D eigenvalue weighted by molar-refractivity contribution is 0.201. The Morgan fingerprint density at radius 3 is 2.33 bits per heavy atom. The predicted molar refractivity (Wildman–Crippen MR) is 138 cm³/mol. The van der Waals surface area contributed by atoms with Crippen LogP contribution in [0.3, 0.4) is 0 Å². The molecule has 0 amide bonds. The maximum atomic E-state index is 13.8. The Labute approximate surface area is 211 Å². The molecule has 0 N–H and O–H groups in total. The zero-order valence-corrected chi connectivity index (χ0v) is 20.9. The normalized spacial score (nSPS) is 15.2. The first-order valence-corrected chi connectivity index (χ1v) is 12.2. The monoisotopic (exact) mass is 486 g/mol. The van der Waals surface area contributed by atoms with Gasteiger partial charge in [-0.1, -0.05) is 36.4 Å². The van der Waals surface area contributed by atoms with E-state index in [9.17, 15) is 4.39 Å². The Morgan fingerprint density at radius 1 is 0.917 bits per heavy atom. The minimum Gasteiger partial charge on any atom is -0.497 e. The molecule has 186 valence electrons. The van der Waals surface area contributed by atoms with Gasteiger partial charge in [0.05, 0.1) is 19.7 Å². The Balaban J connectivity index is 1.42. The average molecular weight is 487 g/mol. The maximum absolute atomic E-state index is 13.8. The van der Waals surface area contributed by atoms with Crippen molar-refractivity contribution in [3.63, 3.8) is 0 Å². The summed E-state index contributed by atoms with van der Waals surface area (Å²) in [7, 11) is 1.65. The van der Waals surface area contributed by atoms with Crippen LogP contribution < -0.4 is 9.64 Å². The van der Waals surface area contributed by atoms with Crippen molar-refractivity contribution in [3.05, 3.63) is 101 Å². The molecule has 0 unspecified atom stereocenters. The van der Waals surface area contributed by atoms with Crippen LogP contribution in [0.15, 0.2) is 66.7 Å². The lowest BCUT2D eigenvalue weighted by Gasteiger charge is -2.40. The third-order valence-electron chi connectivity index (χ3n) is 7.08. The fraction of sp³-hybridized carbons (Fsp3) is 0.321. The number of aromatic nitrogens is 4. The van der Waals surface area contributed by atoms with Crippen LogP contribution >= 0.6 is 0 Å². The van der Waals surface area contributed by atoms with E-state index in [1.165, 1.54) is 28.9 Å². The van der Waals surface area contributed by atoms with Gasteiger partial charge in [0.15, 0.2) is 5.82 Å². The van der Waals surface area contributed by atoms with E-state index in [0.29, 0.717) is 6.54 Å². The number of benzene rings is 3. The van der Waals surface area contributed by atoms with Crippen molar-refractivity contribution < 1.29 is 9.13 Å². The lowest BCUT2D eigenvalue weighted by atomic mass is 10.0. The summed E-state index contributed by atoms with van der Waals surface area (Å²) in [4.78, 5) is 4.84. The van der Waals surface area contributed by atoms with Gasteiger partial charge >= 0.3 is 0 Å². The van der Waals surface area contributed by atoms with E-state index >= 15 is 0 Å². The first-order valence-electron chi connectivity index (χ1n) is 12.2. The summed E-state index contributed by atoms with van der Waals surface area (Å²) < 4.78 is 20.9. The summed E-state index contributed by atoms with van der Waals surface area (Å²) >= 11 is 0. The SMILES string of the molecule is COc1ccc(Cn2nnnc2[C@@H](c2ccc(F)cc2)N2CCN(c3cccc(C)c3C)CC2)cc1. The van der Waals surface area contributed by atoms with Gasteiger partial charge in [-0.05, 0) is 76.9 Å². The molecule has 1 fully saturated rings. The largest absolute Gasteiger partial charge is 0.497 e. The van der Waals surface area contributed by atoms with Crippen LogP contribution in [0.2, 0.25) is 0 Å². The third kappa shape index (κ3) is 4.95. The van der Waals surface area contributed by atoms with Crippen molar-refractivity contribution in [1.82, 2.24) is 25.1 Å². The number of methoxy groups -OCH3 is 1. The van der Waals surface area contributed by atoms with Gasteiger partial charge in [-0.15, -0.1) is 5.10 Å². The Morgan fingerprint density at radius 2 is 1.64 bits per heavy atom. The molecule has 36 heavy (non-hydrogen) atoms. The van der Waals surface area contributed by atoms with E-state index < -0.39 is 0 Å². The Bertz CT molecular complexity index is 1300. The second-order valence-corrected chi connectivity index (χ2v) is 9.24. The number of ether oxygens (including phenoxy) is 1. The fourth-order valence-corrected chi connectivity index (χ4v) is 4.89. The Kier molecular flexibility index (Phi) is 6.95. The van der Waals surface area contributed by atoms with Crippen LogP contribution in [0, 0.1) is 19.7 Å². The number of aryl methyl sites for hydroxylation is 1. The maximum Gasteiger partial charge on any atom is 0.173 e. The van der Waals surface area contributed by atoms with E-state index in [2.05, 4.69) is 57.4 Å². The lowest BCUT2D eigenvalue weighted by Crippen LogP contribution is -2.48. The highest BCUT2D eigenvalue weighted by atomic mass is 19.1. The number of hydrogen-bond donors (Lipinski definition) is 0. The molecule has 1 saturated heterocycles. The van der Waals surface area contributed by atoms with Crippen LogP contribution in [0.1, 0.15) is 34.1 Å². The van der Waals surface area contributed by atoms with Crippen LogP contribution in [-0.4, -0.2) is 58.4 Å². The van der Waals surface area contributed by atoms with Crippen molar-refractivity contribution >= 4 is 5.69 Å². The number of tetrazole rings is 1. The van der Waals surface area contributed by atoms with Crippen LogP contribution in [0.25, 0.3) is 0 Å². The molecular formula is C28H31FN6O. The van der Waals surface area contributed by atoms with Crippen LogP contribution in [0.4, 0.5) is 10.1 Å². The van der Waals surface area contributed by atoms with E-state index in [-0.39, 0.29) is 11.9 Å². The second-order valence-electron chi connectivity index (χ2n) is 9.24. The topological polar surface area (TPSA) is 59.3 Å². The van der Waals surface area contributed by atoms with Gasteiger partial charge < -0.3 is 9.64 Å². The molecule has 4 aromatic rings. The van der Waals surface area contributed by atoms with Gasteiger partial charge in [-0.2, -0.15) is 0 Å². The number of halogens is 1. The molecule has 0 spiro atoms. The zero-order chi connectivity index (χ0) is 25.1. The Hall–Kier alpha value is -3.78. The number of anilines is 1. The molecule has 0 saturated carbocycles. The summed E-state index contributed by atoms with van der Waals surface area (Å²) in [5.41, 5.74) is 5.96. The van der Waals surface area contributed by atoms with Crippen LogP contribution in [0.5, 0.6) is 5.75 Å². The highest BCUT2D eigenvalue weighted by molar-refractivity contribution is 5.56. The molecule has 1 aromatic heterocycles. The smallest absolute Gasteiger partial charge is 0.173 e. The number of rotatable bonds is 7. The molecular weight excluding hydrogens is 455 g/mol. The highest BCUT2D eigenvalue weighted by Crippen LogP contribution is 2.31. The van der Waals surface area contributed by atoms with E-state index in [4.69, 9.17) is 4.74 Å². The molecule has 1 aliphatic rings. The van der Waals surface area contributed by atoms with Gasteiger partial charge in [0, 0.05) is 31.9 Å². The van der Waals surface area contributed by atoms with E-state index in [1.807, 2.05) is 41.1 Å². The summed E-state index contributed by atoms with van der Waals surface area (Å²) in [6.07, 6.45) is 0. The quantitative estimate of drug-likeness (QED) is 0.386. The first kappa shape index (κ1) is 23.9. The number of nitrogens with zero attached hydrogens (tertiary/aromatic N) is 6. The van der Waals surface area contributed by atoms with Crippen molar-refractivity contribution in [2.75, 3.05) is 38.2 Å². The third-order valence-corrected chi connectivity index (χ3v) is 7.08. The number of hydrogen-bond acceptors (Lipinski definition) is 6. The first-order chi connectivity index (χ1) is 17.5. The van der Waals surface area contributed by atoms with Gasteiger partial charge in [0.2, 0.25) is 0 Å². The van der Waals surface area contributed by atoms with Crippen LogP contribution in [-0.2, 0) is 6.54 Å². The highest BCUT2D eigenvalue weighted by Gasteiger charge is 2.31. The number of piperazine rings is 1. The van der Waals surface area contributed by atoms with Crippen molar-refractivity contribution in [3.8, 4) is 5.75 Å². The average Bonchev–Trinajstić information content (AvgIpc) is 3.35. The van der Waals surface area contributed by atoms with Gasteiger partial charge in [0.1, 0.15) is 11.6 Å². The van der Waals surface area contributed by atoms with Crippen molar-refractivity contribution in [2.24, 2.45) is 0 Å². The summed E-state index contributed by atoms with van der Waals surface area (Å²) in [5, 5.41) is 12.8. The molecule has 2 heterocycles. The zero-order valence-electron chi connectivity index (χ0n) is 20.9. The van der Waals surface area contributed by atoms with E-state index in [0.717, 1.165) is 48.9 Å². The molecule has 8 heteroatoms. The van der Waals surface area contributed by atoms with Crippen molar-refractivity contribution in [2.45, 2.75) is 26.4 Å². The standard InChI is InChI=1S/C28H31FN6O/c1-20-5-4-6-26(21(20)2)33-15-17-34(18-16-33)27(23-9-11-24(29)12-10-23)28-30-31-32-35(28)19-22-7-13-25(36-3)14-8-22/h4-14,27H,15-19H2,1-3H3/t27-/m1/s1. The summed E-state index contributed by atoms with van der Waals surface area (Å²) in [5.74, 6) is 1.30. The minimum absolute atomic E-state index is 0.181. The predicted octanol–water partition coefficient (Wildman–Crippen LogP) is 4.40. The molecule has 0 bridgehead atoms. The summed E-state index contributed by atoms with van der Waals surface area (Å²) in [6, 6.07) is 20.9. The molecule has 5 rings (SSSR count). The molecule has 3 aromatic carbocycles.